The fraction of sp³-hybridized carbons (Fsp3) is 0.133. The Morgan fingerprint density at radius 3 is 2.54 bits per heavy atom. The number of benzene rings is 2. The third kappa shape index (κ3) is 3.46. The first-order chi connectivity index (χ1) is 11.2. The molecule has 0 aromatic heterocycles. The predicted molar refractivity (Wildman–Crippen MR) is 91.3 cm³/mol. The lowest BCUT2D eigenvalue weighted by Gasteiger charge is -2.14. The van der Waals surface area contributed by atoms with Crippen LogP contribution in [0.15, 0.2) is 39.7 Å². The predicted octanol–water partition coefficient (Wildman–Crippen LogP) is 2.97. The van der Waals surface area contributed by atoms with E-state index in [1.54, 1.807) is 13.0 Å². The van der Waals surface area contributed by atoms with Crippen LogP contribution in [0.5, 0.6) is 11.5 Å². The number of aromatic hydroxyl groups is 1. The number of aryl methyl sites for hydroxylation is 1. The number of carboxylic acid groups (broad SMARTS) is 1. The van der Waals surface area contributed by atoms with E-state index in [2.05, 4.69) is 20.7 Å². The van der Waals surface area contributed by atoms with Gasteiger partial charge in [-0.1, -0.05) is 22.0 Å². The lowest BCUT2D eigenvalue weighted by Crippen LogP contribution is -2.15. The maximum atomic E-state index is 12.6. The van der Waals surface area contributed by atoms with Gasteiger partial charge >= 0.3 is 5.97 Å². The number of para-hydroxylation sites is 1. The maximum absolute atomic E-state index is 12.6. The lowest BCUT2D eigenvalue weighted by atomic mass is 10.2. The van der Waals surface area contributed by atoms with Crippen LogP contribution in [-0.4, -0.2) is 31.7 Å². The summed E-state index contributed by atoms with van der Waals surface area (Å²) in [5.74, 6) is -1.92. The van der Waals surface area contributed by atoms with Crippen LogP contribution in [0, 0.1) is 6.92 Å². The molecule has 9 heteroatoms. The van der Waals surface area contributed by atoms with E-state index in [1.165, 1.54) is 31.4 Å². The second-order valence-electron chi connectivity index (χ2n) is 4.86. The van der Waals surface area contributed by atoms with Crippen molar-refractivity contribution in [3.05, 3.63) is 45.9 Å². The van der Waals surface area contributed by atoms with Gasteiger partial charge < -0.3 is 14.9 Å². The number of sulfonamides is 1. The van der Waals surface area contributed by atoms with Crippen LogP contribution in [-0.2, 0) is 10.0 Å². The van der Waals surface area contributed by atoms with Crippen molar-refractivity contribution < 1.29 is 28.2 Å². The zero-order valence-electron chi connectivity index (χ0n) is 12.7. The molecule has 0 heterocycles. The Morgan fingerprint density at radius 1 is 1.29 bits per heavy atom. The van der Waals surface area contributed by atoms with Crippen LogP contribution in [0.1, 0.15) is 15.9 Å². The summed E-state index contributed by atoms with van der Waals surface area (Å²) in [6.07, 6.45) is 0. The number of aromatic carboxylic acids is 1. The van der Waals surface area contributed by atoms with E-state index in [0.717, 1.165) is 5.56 Å². The number of rotatable bonds is 5. The Bertz CT molecular complexity index is 910. The van der Waals surface area contributed by atoms with Crippen molar-refractivity contribution in [2.45, 2.75) is 11.8 Å². The van der Waals surface area contributed by atoms with Gasteiger partial charge in [0.1, 0.15) is 16.2 Å². The van der Waals surface area contributed by atoms with E-state index in [1.807, 2.05) is 0 Å². The van der Waals surface area contributed by atoms with Crippen molar-refractivity contribution in [2.24, 2.45) is 0 Å². The molecule has 2 aromatic carbocycles. The molecule has 0 fully saturated rings. The minimum atomic E-state index is -4.12. The summed E-state index contributed by atoms with van der Waals surface area (Å²) in [6, 6.07) is 6.66. The van der Waals surface area contributed by atoms with Gasteiger partial charge in [0, 0.05) is 4.47 Å². The molecule has 0 aliphatic heterocycles. The van der Waals surface area contributed by atoms with Crippen LogP contribution in [0.2, 0.25) is 0 Å². The quantitative estimate of drug-likeness (QED) is 0.646. The number of carboxylic acids is 1. The number of anilines is 1. The number of ether oxygens (including phenoxy) is 1. The topological polar surface area (TPSA) is 113 Å². The van der Waals surface area contributed by atoms with E-state index >= 15 is 0 Å². The van der Waals surface area contributed by atoms with Gasteiger partial charge in [-0.2, -0.15) is 0 Å². The minimum absolute atomic E-state index is 0.122. The molecule has 2 rings (SSSR count). The second-order valence-corrected chi connectivity index (χ2v) is 7.37. The fourth-order valence-corrected chi connectivity index (χ4v) is 3.74. The molecule has 7 nitrogen and oxygen atoms in total. The molecular formula is C15H14BrNO6S. The van der Waals surface area contributed by atoms with Crippen molar-refractivity contribution in [1.29, 1.82) is 0 Å². The summed E-state index contributed by atoms with van der Waals surface area (Å²) >= 11 is 3.26. The Labute approximate surface area is 147 Å². The standard InChI is InChI=1S/C15H14BrNO6S/c1-8-6-12(23-2)13(7-10(8)16)24(21,22)17-11-5-3-4-9(14(11)18)15(19)20/h3-7,17-18H,1-2H3,(H,19,20). The average molecular weight is 416 g/mol. The molecule has 0 amide bonds. The summed E-state index contributed by atoms with van der Waals surface area (Å²) in [6.45, 7) is 1.78. The van der Waals surface area contributed by atoms with Gasteiger partial charge in [-0.05, 0) is 36.8 Å². The molecular weight excluding hydrogens is 402 g/mol. The van der Waals surface area contributed by atoms with Gasteiger partial charge in [-0.25, -0.2) is 13.2 Å². The molecule has 0 aliphatic carbocycles. The summed E-state index contributed by atoms with van der Waals surface area (Å²) in [4.78, 5) is 10.9. The highest BCUT2D eigenvalue weighted by atomic mass is 79.9. The second kappa shape index (κ2) is 6.70. The lowest BCUT2D eigenvalue weighted by molar-refractivity contribution is 0.0694. The number of phenols is 1. The highest BCUT2D eigenvalue weighted by Crippen LogP contribution is 2.34. The molecule has 0 bridgehead atoms. The van der Waals surface area contributed by atoms with E-state index in [0.29, 0.717) is 4.47 Å². The van der Waals surface area contributed by atoms with E-state index < -0.39 is 27.3 Å². The molecule has 0 atom stereocenters. The van der Waals surface area contributed by atoms with Crippen LogP contribution in [0.25, 0.3) is 0 Å². The van der Waals surface area contributed by atoms with Crippen LogP contribution in [0.4, 0.5) is 5.69 Å². The number of carbonyl (C=O) groups is 1. The Kier molecular flexibility index (Phi) is 5.05. The molecule has 3 N–H and O–H groups in total. The number of hydrogen-bond donors (Lipinski definition) is 3. The summed E-state index contributed by atoms with van der Waals surface area (Å²) in [5, 5.41) is 18.9. The third-order valence-electron chi connectivity index (χ3n) is 3.25. The summed E-state index contributed by atoms with van der Waals surface area (Å²) in [7, 11) is -2.78. The summed E-state index contributed by atoms with van der Waals surface area (Å²) in [5.41, 5.74) is 0.127. The molecule has 128 valence electrons. The largest absolute Gasteiger partial charge is 0.505 e. The molecule has 0 saturated heterocycles. The molecule has 24 heavy (non-hydrogen) atoms. The first kappa shape index (κ1) is 18.1. The van der Waals surface area contributed by atoms with E-state index in [-0.39, 0.29) is 16.3 Å². The highest BCUT2D eigenvalue weighted by molar-refractivity contribution is 9.10. The normalized spacial score (nSPS) is 11.1. The zero-order chi connectivity index (χ0) is 18.1. The van der Waals surface area contributed by atoms with Crippen molar-refractivity contribution >= 4 is 37.6 Å². The number of nitrogens with one attached hydrogen (secondary N) is 1. The van der Waals surface area contributed by atoms with Gasteiger partial charge in [0.15, 0.2) is 5.75 Å². The van der Waals surface area contributed by atoms with Gasteiger partial charge in [0.2, 0.25) is 0 Å². The van der Waals surface area contributed by atoms with Crippen molar-refractivity contribution in [3.63, 3.8) is 0 Å². The average Bonchev–Trinajstić information content (AvgIpc) is 2.51. The Morgan fingerprint density at radius 2 is 1.96 bits per heavy atom. The SMILES string of the molecule is COc1cc(C)c(Br)cc1S(=O)(=O)Nc1cccc(C(=O)O)c1O. The third-order valence-corrected chi connectivity index (χ3v) is 5.49. The fourth-order valence-electron chi connectivity index (χ4n) is 2.00. The molecule has 0 aliphatic rings. The van der Waals surface area contributed by atoms with Crippen molar-refractivity contribution in [3.8, 4) is 11.5 Å². The Balaban J connectivity index is 2.53. The minimum Gasteiger partial charge on any atom is -0.505 e. The Hall–Kier alpha value is -2.26. The number of halogens is 1. The first-order valence-electron chi connectivity index (χ1n) is 6.59. The van der Waals surface area contributed by atoms with Crippen molar-refractivity contribution in [2.75, 3.05) is 11.8 Å². The van der Waals surface area contributed by atoms with Crippen LogP contribution >= 0.6 is 15.9 Å². The van der Waals surface area contributed by atoms with Crippen LogP contribution in [0.3, 0.4) is 0 Å². The van der Waals surface area contributed by atoms with Crippen molar-refractivity contribution in [1.82, 2.24) is 0 Å². The maximum Gasteiger partial charge on any atom is 0.339 e. The molecule has 0 unspecified atom stereocenters. The first-order valence-corrected chi connectivity index (χ1v) is 8.87. The molecule has 2 aromatic rings. The van der Waals surface area contributed by atoms with Gasteiger partial charge in [0.05, 0.1) is 12.8 Å². The van der Waals surface area contributed by atoms with Gasteiger partial charge in [-0.3, -0.25) is 4.72 Å². The van der Waals surface area contributed by atoms with Gasteiger partial charge in [-0.15, -0.1) is 0 Å². The summed E-state index contributed by atoms with van der Waals surface area (Å²) < 4.78 is 33.1. The van der Waals surface area contributed by atoms with E-state index in [9.17, 15) is 18.3 Å². The molecule has 0 radical (unpaired) electrons. The molecule has 0 saturated carbocycles. The van der Waals surface area contributed by atoms with Gasteiger partial charge in [0.25, 0.3) is 10.0 Å². The van der Waals surface area contributed by atoms with E-state index in [4.69, 9.17) is 9.84 Å². The number of methoxy groups -OCH3 is 1. The van der Waals surface area contributed by atoms with Crippen LogP contribution < -0.4 is 9.46 Å². The monoisotopic (exact) mass is 415 g/mol. The number of hydrogen-bond acceptors (Lipinski definition) is 5. The zero-order valence-corrected chi connectivity index (χ0v) is 15.1. The molecule has 0 spiro atoms. The highest BCUT2D eigenvalue weighted by Gasteiger charge is 2.23. The smallest absolute Gasteiger partial charge is 0.339 e.